The number of halogens is 1. The van der Waals surface area contributed by atoms with Gasteiger partial charge in [-0.1, -0.05) is 6.08 Å². The van der Waals surface area contributed by atoms with Gasteiger partial charge in [-0.15, -0.1) is 6.58 Å². The maximum Gasteiger partial charge on any atom is 0.242 e. The standard InChI is InChI=1S/C19H21FN4O4S/c1-3-16(25)15-7-5-13-17(29(27,28)23-15)10-24(2)18(13)19(26)22-12-4-6-14(20)11(8-12)9-21/h3-4,6,8,10,15-16,19,22-23,25-26H,1,5,7H2,2H3/t15-,16+,19?/m0/s1. The van der Waals surface area contributed by atoms with Crippen molar-refractivity contribution in [1.29, 1.82) is 5.26 Å². The van der Waals surface area contributed by atoms with Crippen LogP contribution in [0, 0.1) is 17.1 Å². The van der Waals surface area contributed by atoms with Crippen LogP contribution in [-0.4, -0.2) is 35.3 Å². The van der Waals surface area contributed by atoms with E-state index in [2.05, 4.69) is 16.6 Å². The Morgan fingerprint density at radius 3 is 2.86 bits per heavy atom. The fraction of sp³-hybridized carbons (Fsp3) is 0.316. The lowest BCUT2D eigenvalue weighted by Gasteiger charge is -2.20. The molecule has 2 heterocycles. The molecule has 3 atom stereocenters. The maximum absolute atomic E-state index is 13.5. The zero-order valence-corrected chi connectivity index (χ0v) is 16.4. The Balaban J connectivity index is 1.96. The van der Waals surface area contributed by atoms with Crippen molar-refractivity contribution in [1.82, 2.24) is 9.29 Å². The molecule has 0 fully saturated rings. The molecule has 1 aromatic carbocycles. The lowest BCUT2D eigenvalue weighted by Crippen LogP contribution is -2.41. The van der Waals surface area contributed by atoms with Crippen molar-refractivity contribution in [2.75, 3.05) is 5.32 Å². The lowest BCUT2D eigenvalue weighted by molar-refractivity contribution is 0.178. The average Bonchev–Trinajstić information content (AvgIpc) is 2.96. The Hall–Kier alpha value is -2.71. The van der Waals surface area contributed by atoms with Gasteiger partial charge in [-0.3, -0.25) is 0 Å². The molecule has 1 aliphatic rings. The number of aliphatic hydroxyl groups is 2. The van der Waals surface area contributed by atoms with Crippen molar-refractivity contribution < 1.29 is 23.0 Å². The summed E-state index contributed by atoms with van der Waals surface area (Å²) < 4.78 is 43.0. The van der Waals surface area contributed by atoms with Gasteiger partial charge in [-0.25, -0.2) is 17.5 Å². The van der Waals surface area contributed by atoms with Crippen LogP contribution in [0.15, 0.2) is 41.9 Å². The van der Waals surface area contributed by atoms with Gasteiger partial charge in [0.1, 0.15) is 16.8 Å². The van der Waals surface area contributed by atoms with Gasteiger partial charge in [-0.2, -0.15) is 5.26 Å². The molecule has 1 aliphatic heterocycles. The first-order valence-electron chi connectivity index (χ1n) is 8.83. The van der Waals surface area contributed by atoms with Crippen LogP contribution in [0.3, 0.4) is 0 Å². The summed E-state index contributed by atoms with van der Waals surface area (Å²) in [6, 6.07) is 4.73. The van der Waals surface area contributed by atoms with E-state index in [1.165, 1.54) is 29.0 Å². The van der Waals surface area contributed by atoms with E-state index in [1.807, 2.05) is 0 Å². The molecule has 0 spiro atoms. The third-order valence-electron chi connectivity index (χ3n) is 4.90. The number of fused-ring (bicyclic) bond motifs is 1. The zero-order chi connectivity index (χ0) is 21.3. The predicted molar refractivity (Wildman–Crippen MR) is 104 cm³/mol. The molecule has 0 aliphatic carbocycles. The number of nitrogens with zero attached hydrogens (tertiary/aromatic N) is 2. The fourth-order valence-corrected chi connectivity index (χ4v) is 5.07. The van der Waals surface area contributed by atoms with Gasteiger partial charge < -0.3 is 20.1 Å². The summed E-state index contributed by atoms with van der Waals surface area (Å²) in [6.07, 6.45) is 0.903. The van der Waals surface area contributed by atoms with Crippen LogP contribution >= 0.6 is 0 Å². The number of aromatic nitrogens is 1. The minimum absolute atomic E-state index is 0.0198. The molecule has 10 heteroatoms. The summed E-state index contributed by atoms with van der Waals surface area (Å²) >= 11 is 0. The third kappa shape index (κ3) is 4.04. The van der Waals surface area contributed by atoms with E-state index in [-0.39, 0.29) is 10.5 Å². The number of rotatable bonds is 5. The molecule has 0 saturated carbocycles. The van der Waals surface area contributed by atoms with Crippen molar-refractivity contribution in [3.63, 3.8) is 0 Å². The highest BCUT2D eigenvalue weighted by molar-refractivity contribution is 7.89. The number of nitriles is 1. The van der Waals surface area contributed by atoms with E-state index in [4.69, 9.17) is 5.26 Å². The van der Waals surface area contributed by atoms with Crippen molar-refractivity contribution in [2.24, 2.45) is 7.05 Å². The van der Waals surface area contributed by atoms with Gasteiger partial charge in [0.2, 0.25) is 10.0 Å². The number of anilines is 1. The van der Waals surface area contributed by atoms with Gasteiger partial charge in [-0.05, 0) is 36.6 Å². The molecule has 0 amide bonds. The molecule has 1 unspecified atom stereocenters. The molecule has 4 N–H and O–H groups in total. The molecule has 3 rings (SSSR count). The number of sulfonamides is 1. The zero-order valence-electron chi connectivity index (χ0n) is 15.6. The maximum atomic E-state index is 13.5. The van der Waals surface area contributed by atoms with Crippen LogP contribution in [0.25, 0.3) is 0 Å². The molecule has 8 nitrogen and oxygen atoms in total. The summed E-state index contributed by atoms with van der Waals surface area (Å²) in [6.45, 7) is 3.49. The Morgan fingerprint density at radius 1 is 1.48 bits per heavy atom. The molecular weight excluding hydrogens is 399 g/mol. The largest absolute Gasteiger partial charge is 0.387 e. The van der Waals surface area contributed by atoms with E-state index in [0.29, 0.717) is 29.8 Å². The van der Waals surface area contributed by atoms with Crippen LogP contribution in [0.4, 0.5) is 10.1 Å². The number of aliphatic hydroxyl groups excluding tert-OH is 2. The minimum Gasteiger partial charge on any atom is -0.387 e. The van der Waals surface area contributed by atoms with Gasteiger partial charge in [0.15, 0.2) is 6.23 Å². The molecule has 29 heavy (non-hydrogen) atoms. The number of nitrogens with one attached hydrogen (secondary N) is 2. The summed E-state index contributed by atoms with van der Waals surface area (Å²) in [5.74, 6) is -0.677. The second-order valence-corrected chi connectivity index (χ2v) is 8.50. The summed E-state index contributed by atoms with van der Waals surface area (Å²) in [5, 5.41) is 32.4. The topological polar surface area (TPSA) is 127 Å². The lowest BCUT2D eigenvalue weighted by atomic mass is 10.0. The van der Waals surface area contributed by atoms with E-state index in [0.717, 1.165) is 6.07 Å². The second kappa shape index (κ2) is 7.96. The van der Waals surface area contributed by atoms with E-state index < -0.39 is 34.2 Å². The predicted octanol–water partition coefficient (Wildman–Crippen LogP) is 1.28. The number of hydrogen-bond acceptors (Lipinski definition) is 6. The van der Waals surface area contributed by atoms with E-state index in [9.17, 15) is 23.0 Å². The molecule has 2 aromatic rings. The van der Waals surface area contributed by atoms with Crippen LogP contribution in [0.1, 0.15) is 29.5 Å². The number of hydrogen-bond donors (Lipinski definition) is 4. The van der Waals surface area contributed by atoms with Crippen LogP contribution in [0.5, 0.6) is 0 Å². The first kappa shape index (κ1) is 21.0. The molecule has 0 radical (unpaired) electrons. The molecule has 1 aromatic heterocycles. The van der Waals surface area contributed by atoms with Crippen molar-refractivity contribution in [3.05, 3.63) is 59.7 Å². The van der Waals surface area contributed by atoms with Crippen molar-refractivity contribution >= 4 is 15.7 Å². The fourth-order valence-electron chi connectivity index (χ4n) is 3.46. The normalized spacial score (nSPS) is 20.0. The molecule has 0 bridgehead atoms. The summed E-state index contributed by atoms with van der Waals surface area (Å²) in [7, 11) is -2.31. The van der Waals surface area contributed by atoms with Gasteiger partial charge in [0.05, 0.1) is 23.4 Å². The minimum atomic E-state index is -3.92. The Kier molecular flexibility index (Phi) is 5.77. The third-order valence-corrected chi connectivity index (χ3v) is 6.45. The summed E-state index contributed by atoms with van der Waals surface area (Å²) in [4.78, 5) is 0.0198. The Bertz CT molecular complexity index is 1090. The van der Waals surface area contributed by atoms with Crippen LogP contribution in [-0.2, 0) is 23.5 Å². The second-order valence-electron chi connectivity index (χ2n) is 6.81. The highest BCUT2D eigenvalue weighted by Crippen LogP contribution is 2.32. The van der Waals surface area contributed by atoms with Gasteiger partial charge in [0.25, 0.3) is 0 Å². The van der Waals surface area contributed by atoms with Gasteiger partial charge >= 0.3 is 0 Å². The summed E-state index contributed by atoms with van der Waals surface area (Å²) in [5.41, 5.74) is 0.865. The first-order valence-corrected chi connectivity index (χ1v) is 10.3. The monoisotopic (exact) mass is 420 g/mol. The highest BCUT2D eigenvalue weighted by atomic mass is 32.2. The van der Waals surface area contributed by atoms with E-state index >= 15 is 0 Å². The quantitative estimate of drug-likeness (QED) is 0.426. The number of benzene rings is 1. The van der Waals surface area contributed by atoms with Crippen LogP contribution < -0.4 is 10.0 Å². The number of aryl methyl sites for hydroxylation is 1. The Labute approximate surface area is 168 Å². The Morgan fingerprint density at radius 2 is 2.21 bits per heavy atom. The smallest absolute Gasteiger partial charge is 0.242 e. The van der Waals surface area contributed by atoms with Crippen molar-refractivity contribution in [2.45, 2.75) is 36.1 Å². The highest BCUT2D eigenvalue weighted by Gasteiger charge is 2.34. The van der Waals surface area contributed by atoms with Gasteiger partial charge in [0, 0.05) is 18.9 Å². The van der Waals surface area contributed by atoms with Crippen LogP contribution in [0.2, 0.25) is 0 Å². The molecular formula is C19H21FN4O4S. The molecule has 154 valence electrons. The SMILES string of the molecule is C=C[C@@H](O)[C@@H]1CCc2c(cn(C)c2C(O)Nc2ccc(F)c(C#N)c2)S(=O)(=O)N1. The van der Waals surface area contributed by atoms with Crippen molar-refractivity contribution in [3.8, 4) is 6.07 Å². The molecule has 0 saturated heterocycles. The van der Waals surface area contributed by atoms with E-state index in [1.54, 1.807) is 13.1 Å². The first-order chi connectivity index (χ1) is 13.7. The average molecular weight is 420 g/mol.